The maximum atomic E-state index is 13.4. The van der Waals surface area contributed by atoms with Crippen LogP contribution in [-0.4, -0.2) is 42.6 Å². The molecule has 11 heteroatoms. The molecular weight excluding hydrogens is 304 g/mol. The monoisotopic (exact) mass is 316 g/mol. The Morgan fingerprint density at radius 1 is 0.850 bits per heavy atom. The Morgan fingerprint density at radius 3 is 1.60 bits per heavy atom. The summed E-state index contributed by atoms with van der Waals surface area (Å²) >= 11 is 0. The van der Waals surface area contributed by atoms with Crippen molar-refractivity contribution in [3.8, 4) is 0 Å². The van der Waals surface area contributed by atoms with Gasteiger partial charge in [0.05, 0.1) is 0 Å². The predicted molar refractivity (Wildman–Crippen MR) is 50.9 cm³/mol. The quantitative estimate of drug-likeness (QED) is 0.615. The van der Waals surface area contributed by atoms with Gasteiger partial charge in [-0.05, 0) is 12.8 Å². The van der Waals surface area contributed by atoms with E-state index in [0.29, 0.717) is 0 Å². The molecule has 0 amide bonds. The number of ether oxygens (including phenoxy) is 1. The first kappa shape index (κ1) is 17.4. The molecule has 4 N–H and O–H groups in total. The molecule has 0 saturated carbocycles. The third kappa shape index (κ3) is 3.14. The molecule has 1 aliphatic rings. The molecule has 3 nitrogen and oxygen atoms in total. The van der Waals surface area contributed by atoms with Crippen molar-refractivity contribution in [2.45, 2.75) is 55.4 Å². The van der Waals surface area contributed by atoms with Crippen LogP contribution in [0.25, 0.3) is 0 Å². The van der Waals surface area contributed by atoms with Crippen molar-refractivity contribution < 1.29 is 39.9 Å². The van der Waals surface area contributed by atoms with Gasteiger partial charge in [0.2, 0.25) is 6.30 Å². The van der Waals surface area contributed by atoms with Crippen molar-refractivity contribution >= 4 is 0 Å². The second kappa shape index (κ2) is 5.26. The fourth-order valence-corrected chi connectivity index (χ4v) is 1.80. The minimum atomic E-state index is -5.43. The van der Waals surface area contributed by atoms with Crippen LogP contribution in [0.5, 0.6) is 0 Å². The molecule has 1 fully saturated rings. The summed E-state index contributed by atoms with van der Waals surface area (Å²) in [5, 5.41) is 0. The largest absolute Gasteiger partial charge is 0.409 e. The molecule has 0 spiro atoms. The van der Waals surface area contributed by atoms with E-state index >= 15 is 0 Å². The number of alkyl halides is 8. The fraction of sp³-hybridized carbons (Fsp3) is 1.00. The summed E-state index contributed by atoms with van der Waals surface area (Å²) in [6.45, 7) is 0. The topological polar surface area (TPSA) is 61.3 Å². The first-order chi connectivity index (χ1) is 8.81. The molecule has 1 heterocycles. The van der Waals surface area contributed by atoms with E-state index in [9.17, 15) is 35.1 Å². The van der Waals surface area contributed by atoms with Crippen molar-refractivity contribution in [3.63, 3.8) is 0 Å². The first-order valence-electron chi connectivity index (χ1n) is 5.44. The second-order valence-corrected chi connectivity index (χ2v) is 4.46. The highest BCUT2D eigenvalue weighted by Crippen LogP contribution is 2.43. The zero-order valence-corrected chi connectivity index (χ0v) is 9.81. The van der Waals surface area contributed by atoms with E-state index < -0.39 is 55.4 Å². The maximum Gasteiger partial charge on any atom is 0.409 e. The normalized spacial score (nSPS) is 28.5. The van der Waals surface area contributed by atoms with Gasteiger partial charge in [-0.15, -0.1) is 0 Å². The molecular formula is C9H12F8N2O. The summed E-state index contributed by atoms with van der Waals surface area (Å²) < 4.78 is 106. The van der Waals surface area contributed by atoms with Crippen LogP contribution in [0, 0.1) is 0 Å². The van der Waals surface area contributed by atoms with Crippen LogP contribution >= 0.6 is 0 Å². The molecule has 120 valence electrons. The highest BCUT2D eigenvalue weighted by molar-refractivity contribution is 4.98. The van der Waals surface area contributed by atoms with E-state index in [1.807, 2.05) is 0 Å². The molecule has 1 saturated heterocycles. The predicted octanol–water partition coefficient (Wildman–Crippen LogP) is 1.95. The average Bonchev–Trinajstić information content (AvgIpc) is 2.76. The molecule has 1 aliphatic heterocycles. The lowest BCUT2D eigenvalue weighted by Gasteiger charge is -2.31. The Kier molecular flexibility index (Phi) is 4.57. The summed E-state index contributed by atoms with van der Waals surface area (Å²) in [4.78, 5) is 0. The Morgan fingerprint density at radius 2 is 1.25 bits per heavy atom. The van der Waals surface area contributed by atoms with E-state index in [4.69, 9.17) is 0 Å². The number of hydrogen-bond donors (Lipinski definition) is 2. The van der Waals surface area contributed by atoms with Crippen molar-refractivity contribution in [2.75, 3.05) is 0 Å². The van der Waals surface area contributed by atoms with Crippen LogP contribution in [0.1, 0.15) is 12.8 Å². The van der Waals surface area contributed by atoms with Crippen molar-refractivity contribution in [1.29, 1.82) is 0 Å². The maximum absolute atomic E-state index is 13.4. The second-order valence-electron chi connectivity index (χ2n) is 4.46. The van der Waals surface area contributed by atoms with E-state index in [2.05, 4.69) is 16.2 Å². The summed E-state index contributed by atoms with van der Waals surface area (Å²) in [5.74, 6) is -8.88. The van der Waals surface area contributed by atoms with Crippen LogP contribution in [0.3, 0.4) is 0 Å². The molecule has 0 aromatic heterocycles. The zero-order valence-electron chi connectivity index (χ0n) is 9.81. The standard InChI is InChI=1S/C9H12F8N2O/c10-6(19)8(13,14)4-2-1-3(20-4)7(11,12)5(18)9(15,16)17/h3-6H,1-2,18-19H2. The average molecular weight is 316 g/mol. The third-order valence-electron chi connectivity index (χ3n) is 3.01. The molecule has 0 aliphatic carbocycles. The Hall–Kier alpha value is -0.680. The number of rotatable bonds is 4. The number of halogens is 8. The van der Waals surface area contributed by atoms with E-state index in [1.54, 1.807) is 0 Å². The minimum absolute atomic E-state index is 0.755. The van der Waals surface area contributed by atoms with Crippen LogP contribution < -0.4 is 11.5 Å². The van der Waals surface area contributed by atoms with Gasteiger partial charge < -0.3 is 10.5 Å². The van der Waals surface area contributed by atoms with E-state index in [-0.39, 0.29) is 0 Å². The molecule has 0 aromatic rings. The number of nitrogens with two attached hydrogens (primary N) is 2. The van der Waals surface area contributed by atoms with Crippen LogP contribution in [0.4, 0.5) is 35.1 Å². The first-order valence-corrected chi connectivity index (χ1v) is 5.44. The van der Waals surface area contributed by atoms with Gasteiger partial charge in [0.15, 0.2) is 6.04 Å². The molecule has 20 heavy (non-hydrogen) atoms. The van der Waals surface area contributed by atoms with Gasteiger partial charge in [-0.3, -0.25) is 5.73 Å². The highest BCUT2D eigenvalue weighted by Gasteiger charge is 2.62. The van der Waals surface area contributed by atoms with Crippen LogP contribution in [-0.2, 0) is 4.74 Å². The van der Waals surface area contributed by atoms with E-state index in [1.165, 1.54) is 0 Å². The lowest BCUT2D eigenvalue weighted by atomic mass is 10.0. The molecule has 4 atom stereocenters. The molecule has 1 rings (SSSR count). The van der Waals surface area contributed by atoms with Crippen LogP contribution in [0.15, 0.2) is 0 Å². The summed E-state index contributed by atoms with van der Waals surface area (Å²) in [6.07, 6.45) is -15.0. The van der Waals surface area contributed by atoms with E-state index in [0.717, 1.165) is 0 Å². The molecule has 0 radical (unpaired) electrons. The molecule has 0 bridgehead atoms. The Labute approximate surface area is 108 Å². The highest BCUT2D eigenvalue weighted by atomic mass is 19.4. The molecule has 0 aromatic carbocycles. The van der Waals surface area contributed by atoms with Gasteiger partial charge in [0, 0.05) is 0 Å². The summed E-state index contributed by atoms with van der Waals surface area (Å²) in [7, 11) is 0. The van der Waals surface area contributed by atoms with Crippen molar-refractivity contribution in [2.24, 2.45) is 11.5 Å². The SMILES string of the molecule is NC(F)C(F)(F)C1CCC(C(F)(F)C(N)C(F)(F)F)O1. The number of hydrogen-bond acceptors (Lipinski definition) is 3. The van der Waals surface area contributed by atoms with Crippen LogP contribution in [0.2, 0.25) is 0 Å². The van der Waals surface area contributed by atoms with Gasteiger partial charge in [0.1, 0.15) is 12.2 Å². The van der Waals surface area contributed by atoms with Gasteiger partial charge >= 0.3 is 12.1 Å². The molecule has 4 unspecified atom stereocenters. The Bertz CT molecular complexity index is 345. The van der Waals surface area contributed by atoms with Crippen molar-refractivity contribution in [3.05, 3.63) is 0 Å². The zero-order chi connectivity index (χ0) is 15.9. The van der Waals surface area contributed by atoms with Gasteiger partial charge in [-0.25, -0.2) is 13.2 Å². The van der Waals surface area contributed by atoms with Gasteiger partial charge in [-0.1, -0.05) is 0 Å². The third-order valence-corrected chi connectivity index (χ3v) is 3.01. The van der Waals surface area contributed by atoms with Gasteiger partial charge in [-0.2, -0.15) is 22.0 Å². The minimum Gasteiger partial charge on any atom is -0.362 e. The van der Waals surface area contributed by atoms with Crippen molar-refractivity contribution in [1.82, 2.24) is 0 Å². The smallest absolute Gasteiger partial charge is 0.362 e. The lowest BCUT2D eigenvalue weighted by Crippen LogP contribution is -2.57. The summed E-state index contributed by atoms with van der Waals surface area (Å²) in [5.41, 5.74) is 8.73. The summed E-state index contributed by atoms with van der Waals surface area (Å²) in [6, 6.07) is -3.56. The fourth-order valence-electron chi connectivity index (χ4n) is 1.80. The van der Waals surface area contributed by atoms with Gasteiger partial charge in [0.25, 0.3) is 5.92 Å². The lowest BCUT2D eigenvalue weighted by molar-refractivity contribution is -0.249. The Balaban J connectivity index is 2.82.